The number of benzene rings is 2. The standard InChI is InChI=1S/C22H24P.Li/c1-22(2,3)21(18-12-10-11-13-18)23(19-14-6-4-7-15-19)20-16-8-5-9-17-20;/h4-17,21H,1-3H3;. The Morgan fingerprint density at radius 2 is 1.21 bits per heavy atom. The van der Waals surface area contributed by atoms with Gasteiger partial charge in [0.1, 0.15) is 0 Å². The molecule has 0 saturated carbocycles. The topological polar surface area (TPSA) is 0 Å². The Bertz CT molecular complexity index is 674. The third-order valence-corrected chi connectivity index (χ3v) is 8.31. The fourth-order valence-corrected chi connectivity index (χ4v) is 7.37. The zero-order valence-corrected chi connectivity index (χ0v) is 16.0. The summed E-state index contributed by atoms with van der Waals surface area (Å²) in [6, 6.07) is 22.2. The zero-order valence-electron chi connectivity index (χ0n) is 15.1. The van der Waals surface area contributed by atoms with E-state index in [9.17, 15) is 0 Å². The van der Waals surface area contributed by atoms with E-state index in [0.717, 1.165) is 0 Å². The van der Waals surface area contributed by atoms with Crippen LogP contribution in [0.15, 0.2) is 85.0 Å². The summed E-state index contributed by atoms with van der Waals surface area (Å²) in [5, 5.41) is 2.93. The normalized spacial score (nSPS) is 17.4. The van der Waals surface area contributed by atoms with E-state index in [-0.39, 0.29) is 9.50 Å². The molecule has 0 aliphatic heterocycles. The molecule has 0 aromatic heterocycles. The van der Waals surface area contributed by atoms with Gasteiger partial charge in [0.25, 0.3) is 0 Å². The maximum absolute atomic E-state index is 2.39. The van der Waals surface area contributed by atoms with Crippen molar-refractivity contribution in [1.29, 1.82) is 0 Å². The van der Waals surface area contributed by atoms with Gasteiger partial charge in [0.2, 0.25) is 0 Å². The molecular weight excluding hydrogens is 302 g/mol. The average Bonchev–Trinajstić information content (AvgIpc) is 3.00. The van der Waals surface area contributed by atoms with Gasteiger partial charge in [-0.3, -0.25) is 0 Å². The van der Waals surface area contributed by atoms with Crippen LogP contribution in [0.5, 0.6) is 0 Å². The van der Waals surface area contributed by atoms with Gasteiger partial charge < -0.3 is 0 Å². The van der Waals surface area contributed by atoms with Crippen molar-refractivity contribution in [2.75, 3.05) is 0 Å². The summed E-state index contributed by atoms with van der Waals surface area (Å²) in [5.74, 6) is 0. The summed E-state index contributed by atoms with van der Waals surface area (Å²) in [5.41, 5.74) is 0.727. The van der Waals surface area contributed by atoms with E-state index in [1.54, 1.807) is 0 Å². The second-order valence-electron chi connectivity index (χ2n) is 7.89. The van der Waals surface area contributed by atoms with Gasteiger partial charge >= 0.3 is 157 Å². The number of hydrogen-bond donors (Lipinski definition) is 0. The van der Waals surface area contributed by atoms with E-state index in [4.69, 9.17) is 0 Å². The van der Waals surface area contributed by atoms with E-state index < -0.39 is 7.92 Å². The summed E-state index contributed by atoms with van der Waals surface area (Å²) < 4.78 is 0.0929. The van der Waals surface area contributed by atoms with Crippen LogP contribution in [0.2, 0.25) is 4.09 Å². The molecule has 1 atom stereocenters. The van der Waals surface area contributed by atoms with Crippen LogP contribution < -0.4 is 10.6 Å². The molecule has 0 saturated heterocycles. The van der Waals surface area contributed by atoms with Crippen molar-refractivity contribution in [1.82, 2.24) is 0 Å². The number of hydrogen-bond acceptors (Lipinski definition) is 0. The minimum atomic E-state index is -0.465. The van der Waals surface area contributed by atoms with Crippen LogP contribution in [0.3, 0.4) is 0 Å². The second-order valence-corrected chi connectivity index (χ2v) is 10.2. The first kappa shape index (κ1) is 17.8. The van der Waals surface area contributed by atoms with Gasteiger partial charge in [-0.1, -0.05) is 0 Å². The predicted octanol–water partition coefficient (Wildman–Crippen LogP) is 4.99. The third-order valence-electron chi connectivity index (χ3n) is 4.76. The first-order valence-electron chi connectivity index (χ1n) is 8.68. The molecule has 0 bridgehead atoms. The molecule has 3 rings (SSSR count). The van der Waals surface area contributed by atoms with Crippen molar-refractivity contribution in [3.8, 4) is 0 Å². The molecule has 1 aliphatic rings. The van der Waals surface area contributed by atoms with Crippen molar-refractivity contribution in [2.45, 2.75) is 30.5 Å². The van der Waals surface area contributed by atoms with Gasteiger partial charge in [0, 0.05) is 0 Å². The zero-order chi connectivity index (χ0) is 17.2. The van der Waals surface area contributed by atoms with Gasteiger partial charge in [-0.2, -0.15) is 0 Å². The van der Waals surface area contributed by atoms with E-state index >= 15 is 0 Å². The van der Waals surface area contributed by atoms with Gasteiger partial charge in [-0.05, 0) is 0 Å². The molecule has 2 aromatic carbocycles. The summed E-state index contributed by atoms with van der Waals surface area (Å²) in [7, 11) is -0.465. The SMILES string of the molecule is [Li][C]1(C(P(c2ccccc2)c2ccccc2)C(C)(C)C)C=CC=C1. The molecule has 1 aliphatic carbocycles. The van der Waals surface area contributed by atoms with Gasteiger partial charge in [-0.15, -0.1) is 0 Å². The second kappa shape index (κ2) is 7.05. The molecule has 0 nitrogen and oxygen atoms in total. The van der Waals surface area contributed by atoms with E-state index in [1.807, 2.05) is 0 Å². The average molecular weight is 326 g/mol. The molecule has 118 valence electrons. The summed E-state index contributed by atoms with van der Waals surface area (Å²) in [6.07, 6.45) is 9.21. The van der Waals surface area contributed by atoms with Crippen LogP contribution in [0, 0.1) is 5.41 Å². The van der Waals surface area contributed by atoms with E-state index in [2.05, 4.69) is 123 Å². The fraction of sp³-hybridized carbons (Fsp3) is 0.273. The van der Waals surface area contributed by atoms with Gasteiger partial charge in [0.15, 0.2) is 0 Å². The molecule has 0 N–H and O–H groups in total. The molecule has 2 aromatic rings. The first-order valence-corrected chi connectivity index (χ1v) is 10.1. The third kappa shape index (κ3) is 3.63. The Kier molecular flexibility index (Phi) is 5.22. The first-order chi connectivity index (χ1) is 11.4. The Balaban J connectivity index is 2.19. The number of rotatable bonds is 4. The molecule has 0 radical (unpaired) electrons. The van der Waals surface area contributed by atoms with Crippen molar-refractivity contribution >= 4 is 36.2 Å². The molecule has 0 amide bonds. The van der Waals surface area contributed by atoms with Crippen molar-refractivity contribution in [3.05, 3.63) is 85.0 Å². The van der Waals surface area contributed by atoms with Crippen molar-refractivity contribution in [3.63, 3.8) is 0 Å². The Labute approximate surface area is 157 Å². The molecule has 0 fully saturated rings. The van der Waals surface area contributed by atoms with Crippen molar-refractivity contribution in [2.24, 2.45) is 5.41 Å². The fourth-order valence-electron chi connectivity index (χ4n) is 3.99. The van der Waals surface area contributed by atoms with Crippen LogP contribution in [0.1, 0.15) is 20.8 Å². The summed E-state index contributed by atoms with van der Waals surface area (Å²) >= 11 is 2.39. The van der Waals surface area contributed by atoms with E-state index in [0.29, 0.717) is 5.66 Å². The van der Waals surface area contributed by atoms with E-state index in [1.165, 1.54) is 10.6 Å². The molecule has 24 heavy (non-hydrogen) atoms. The van der Waals surface area contributed by atoms with Gasteiger partial charge in [0.05, 0.1) is 0 Å². The molecule has 0 heterocycles. The quantitative estimate of drug-likeness (QED) is 0.549. The maximum atomic E-state index is 2.39. The number of allylic oxidation sites excluding steroid dienone is 4. The van der Waals surface area contributed by atoms with Crippen LogP contribution in [-0.2, 0) is 0 Å². The van der Waals surface area contributed by atoms with Gasteiger partial charge in [-0.25, -0.2) is 0 Å². The van der Waals surface area contributed by atoms with Crippen molar-refractivity contribution < 1.29 is 0 Å². The molecule has 1 unspecified atom stereocenters. The Morgan fingerprint density at radius 3 is 1.58 bits per heavy atom. The summed E-state index contributed by atoms with van der Waals surface area (Å²) in [6.45, 7) is 7.18. The molecule has 2 heteroatoms. The predicted molar refractivity (Wildman–Crippen MR) is 109 cm³/mol. The van der Waals surface area contributed by atoms with Crippen LogP contribution in [-0.4, -0.2) is 23.4 Å². The Hall–Kier alpha value is -1.05. The van der Waals surface area contributed by atoms with Crippen LogP contribution in [0.25, 0.3) is 0 Å². The minimum absolute atomic E-state index is 0.0929. The Morgan fingerprint density at radius 1 is 0.792 bits per heavy atom. The monoisotopic (exact) mass is 326 g/mol. The molecule has 0 spiro atoms. The summed E-state index contributed by atoms with van der Waals surface area (Å²) in [4.78, 5) is 0. The molecular formula is C22H24LiP. The van der Waals surface area contributed by atoms with Crippen LogP contribution >= 0.6 is 7.92 Å². The van der Waals surface area contributed by atoms with Crippen LogP contribution in [0.4, 0.5) is 0 Å².